The molecule has 3 saturated carbocycles. The molecule has 0 bridgehead atoms. The summed E-state index contributed by atoms with van der Waals surface area (Å²) in [5.41, 5.74) is 0. The lowest BCUT2D eigenvalue weighted by atomic mass is 9.68. The van der Waals surface area contributed by atoms with Gasteiger partial charge in [-0.2, -0.15) is 8.78 Å². The van der Waals surface area contributed by atoms with Gasteiger partial charge in [0.15, 0.2) is 0 Å². The number of halogens is 12. The number of ether oxygens (including phenoxy) is 2. The quantitative estimate of drug-likeness (QED) is 0.284. The number of alkyl halides is 12. The molecule has 0 aromatic heterocycles. The van der Waals surface area contributed by atoms with Crippen LogP contribution in [0.3, 0.4) is 0 Å². The smallest absolute Gasteiger partial charge is 0.317 e. The summed E-state index contributed by atoms with van der Waals surface area (Å²) in [6.07, 6.45) is -32.9. The van der Waals surface area contributed by atoms with E-state index in [0.29, 0.717) is 0 Å². The predicted molar refractivity (Wildman–Crippen MR) is 97.9 cm³/mol. The molecule has 0 amide bonds. The molecule has 3 fully saturated rings. The molecule has 0 heterocycles. The Bertz CT molecular complexity index is 647. The van der Waals surface area contributed by atoms with Crippen molar-refractivity contribution in [1.82, 2.24) is 0 Å². The average molecular weight is 541 g/mol. The first-order chi connectivity index (χ1) is 15.6. The van der Waals surface area contributed by atoms with Gasteiger partial charge in [-0.1, -0.05) is 0 Å². The van der Waals surface area contributed by atoms with Gasteiger partial charge >= 0.3 is 12.5 Å². The molecule has 6 unspecified atom stereocenters. The third-order valence-corrected chi connectivity index (χ3v) is 7.20. The molecule has 3 rings (SSSR count). The molecule has 34 heavy (non-hydrogen) atoms. The summed E-state index contributed by atoms with van der Waals surface area (Å²) in [4.78, 5) is 0. The van der Waals surface area contributed by atoms with Crippen LogP contribution in [0.4, 0.5) is 48.3 Å². The highest BCUT2D eigenvalue weighted by Gasteiger charge is 2.58. The van der Waals surface area contributed by atoms with Crippen molar-refractivity contribution in [3.05, 3.63) is 0 Å². The van der Waals surface area contributed by atoms with Crippen LogP contribution in [-0.2, 0) is 9.47 Å². The van der Waals surface area contributed by atoms with Gasteiger partial charge < -0.3 is 4.74 Å². The Balaban J connectivity index is 1.63. The van der Waals surface area contributed by atoms with Crippen molar-refractivity contribution in [3.8, 4) is 0 Å². The second kappa shape index (κ2) is 10.4. The maximum Gasteiger partial charge on any atom is 0.522 e. The van der Waals surface area contributed by atoms with Crippen LogP contribution in [0.25, 0.3) is 0 Å². The van der Waals surface area contributed by atoms with Crippen molar-refractivity contribution in [2.45, 2.75) is 106 Å². The van der Waals surface area contributed by atoms with E-state index in [0.717, 1.165) is 0 Å². The van der Waals surface area contributed by atoms with Crippen LogP contribution >= 0.6 is 11.6 Å². The minimum absolute atomic E-state index is 0.241. The van der Waals surface area contributed by atoms with Gasteiger partial charge in [-0.3, -0.25) is 4.74 Å². The van der Waals surface area contributed by atoms with Crippen LogP contribution in [0.5, 0.6) is 0 Å². The molecular formula is C20H24ClF11O2. The van der Waals surface area contributed by atoms with Crippen molar-refractivity contribution in [1.29, 1.82) is 0 Å². The zero-order chi connectivity index (χ0) is 25.6. The van der Waals surface area contributed by atoms with E-state index in [1.54, 1.807) is 0 Å². The van der Waals surface area contributed by atoms with Crippen molar-refractivity contribution >= 4 is 11.6 Å². The lowest BCUT2D eigenvalue weighted by Crippen LogP contribution is -2.54. The third-order valence-electron chi connectivity index (χ3n) is 6.85. The molecule has 0 aromatic carbocycles. The average Bonchev–Trinajstić information content (AvgIpc) is 2.62. The molecule has 0 aromatic rings. The van der Waals surface area contributed by atoms with Crippen molar-refractivity contribution in [3.63, 3.8) is 0 Å². The van der Waals surface area contributed by atoms with Gasteiger partial charge in [0.25, 0.3) is 0 Å². The van der Waals surface area contributed by atoms with Gasteiger partial charge in [0.05, 0.1) is 6.10 Å². The zero-order valence-electron chi connectivity index (χ0n) is 17.5. The first-order valence-corrected chi connectivity index (χ1v) is 11.3. The summed E-state index contributed by atoms with van der Waals surface area (Å²) in [6.45, 7) is 0. The van der Waals surface area contributed by atoms with Crippen LogP contribution in [0.15, 0.2) is 0 Å². The number of rotatable bonds is 5. The maximum absolute atomic E-state index is 14.7. The molecular weight excluding hydrogens is 517 g/mol. The fourth-order valence-corrected chi connectivity index (χ4v) is 5.78. The Hall–Kier alpha value is -0.560. The van der Waals surface area contributed by atoms with Crippen molar-refractivity contribution < 1.29 is 57.8 Å². The fraction of sp³-hybridized carbons (Fsp3) is 1.00. The molecule has 0 spiro atoms. The Morgan fingerprint density at radius 1 is 0.588 bits per heavy atom. The van der Waals surface area contributed by atoms with Gasteiger partial charge in [0.1, 0.15) is 49.1 Å². The Kier molecular flexibility index (Phi) is 8.60. The third kappa shape index (κ3) is 6.41. The Morgan fingerprint density at radius 3 is 1.50 bits per heavy atom. The molecule has 200 valence electrons. The molecule has 0 N–H and O–H groups in total. The first-order valence-electron chi connectivity index (χ1n) is 10.9. The maximum atomic E-state index is 14.7. The summed E-state index contributed by atoms with van der Waals surface area (Å²) < 4.78 is 160. The summed E-state index contributed by atoms with van der Waals surface area (Å²) in [5, 5.41) is -0.798. The second-order valence-corrected chi connectivity index (χ2v) is 9.92. The SMILES string of the molecule is FC1CC(OC(F)(F)C2C(F)CC(C3C(F)CC(Cl)CC3F)CC2F)CC(F)C1OC(F)(F)F. The molecule has 14 heteroatoms. The van der Waals surface area contributed by atoms with E-state index in [1.807, 2.05) is 0 Å². The van der Waals surface area contributed by atoms with Crippen LogP contribution in [0.1, 0.15) is 38.5 Å². The summed E-state index contributed by atoms with van der Waals surface area (Å²) in [5.74, 6) is -5.35. The zero-order valence-corrected chi connectivity index (χ0v) is 18.3. The molecule has 6 atom stereocenters. The Labute approximate surface area is 193 Å². The summed E-state index contributed by atoms with van der Waals surface area (Å²) in [6, 6.07) is 0. The summed E-state index contributed by atoms with van der Waals surface area (Å²) in [7, 11) is 0. The second-order valence-electron chi connectivity index (χ2n) is 9.30. The summed E-state index contributed by atoms with van der Waals surface area (Å²) >= 11 is 5.74. The minimum atomic E-state index is -5.36. The van der Waals surface area contributed by atoms with E-state index in [9.17, 15) is 48.3 Å². The molecule has 3 aliphatic rings. The van der Waals surface area contributed by atoms with E-state index >= 15 is 0 Å². The highest BCUT2D eigenvalue weighted by Crippen LogP contribution is 2.49. The number of hydrogen-bond acceptors (Lipinski definition) is 2. The van der Waals surface area contributed by atoms with E-state index in [2.05, 4.69) is 9.47 Å². The molecule has 3 aliphatic carbocycles. The van der Waals surface area contributed by atoms with Gasteiger partial charge in [0.2, 0.25) is 0 Å². The largest absolute Gasteiger partial charge is 0.522 e. The fourth-order valence-electron chi connectivity index (χ4n) is 5.44. The van der Waals surface area contributed by atoms with Crippen molar-refractivity contribution in [2.24, 2.45) is 17.8 Å². The standard InChI is InChI=1S/C20H24ClF11O2/c21-8-3-10(22)16(11(23)4-8)7-1-12(24)17(13(25)2-7)19(28,29)33-9-5-14(26)18(15(27)6-9)34-20(30,31)32/h7-18H,1-6H2. The first kappa shape index (κ1) is 28.0. The highest BCUT2D eigenvalue weighted by molar-refractivity contribution is 6.20. The molecule has 0 radical (unpaired) electrons. The molecule has 0 aliphatic heterocycles. The van der Waals surface area contributed by atoms with E-state index in [-0.39, 0.29) is 12.8 Å². The number of hydrogen-bond donors (Lipinski definition) is 0. The highest BCUT2D eigenvalue weighted by atomic mass is 35.5. The van der Waals surface area contributed by atoms with E-state index < -0.39 is 111 Å². The van der Waals surface area contributed by atoms with E-state index in [1.165, 1.54) is 0 Å². The van der Waals surface area contributed by atoms with Crippen molar-refractivity contribution in [2.75, 3.05) is 0 Å². The van der Waals surface area contributed by atoms with Crippen LogP contribution in [0, 0.1) is 17.8 Å². The Morgan fingerprint density at radius 2 is 1.06 bits per heavy atom. The topological polar surface area (TPSA) is 18.5 Å². The molecule has 0 saturated heterocycles. The van der Waals surface area contributed by atoms with Crippen LogP contribution in [0.2, 0.25) is 0 Å². The van der Waals surface area contributed by atoms with Gasteiger partial charge in [-0.25, -0.2) is 26.3 Å². The lowest BCUT2D eigenvalue weighted by Gasteiger charge is -2.44. The lowest BCUT2D eigenvalue weighted by molar-refractivity contribution is -0.366. The van der Waals surface area contributed by atoms with Crippen LogP contribution < -0.4 is 0 Å². The van der Waals surface area contributed by atoms with Gasteiger partial charge in [-0.15, -0.1) is 24.8 Å². The van der Waals surface area contributed by atoms with Gasteiger partial charge in [-0.05, 0) is 31.6 Å². The van der Waals surface area contributed by atoms with Gasteiger partial charge in [0, 0.05) is 24.1 Å². The monoisotopic (exact) mass is 540 g/mol. The normalized spacial score (nSPS) is 46.9. The molecule has 2 nitrogen and oxygen atoms in total. The predicted octanol–water partition coefficient (Wildman–Crippen LogP) is 6.74. The minimum Gasteiger partial charge on any atom is -0.317 e. The van der Waals surface area contributed by atoms with Crippen LogP contribution in [-0.4, -0.2) is 67.1 Å². The van der Waals surface area contributed by atoms with E-state index in [4.69, 9.17) is 11.6 Å².